The highest BCUT2D eigenvalue weighted by Gasteiger charge is 2.24. The van der Waals surface area contributed by atoms with Crippen LogP contribution in [0.25, 0.3) is 0 Å². The van der Waals surface area contributed by atoms with Crippen molar-refractivity contribution in [3.05, 3.63) is 29.3 Å². The third-order valence-electron chi connectivity index (χ3n) is 3.70. The molecule has 5 heteroatoms. The van der Waals surface area contributed by atoms with Crippen LogP contribution in [0.2, 0.25) is 0 Å². The number of nitrogens with zero attached hydrogens (tertiary/aromatic N) is 2. The van der Waals surface area contributed by atoms with E-state index in [-0.39, 0.29) is 5.91 Å². The molecule has 1 aromatic rings. The number of amides is 1. The summed E-state index contributed by atoms with van der Waals surface area (Å²) < 4.78 is 2.43. The fourth-order valence-corrected chi connectivity index (χ4v) is 3.88. The summed E-state index contributed by atoms with van der Waals surface area (Å²) in [6.07, 6.45) is 1.14. The monoisotopic (exact) mass is 321 g/mol. The molecule has 0 aromatic heterocycles. The van der Waals surface area contributed by atoms with E-state index >= 15 is 0 Å². The van der Waals surface area contributed by atoms with E-state index in [4.69, 9.17) is 0 Å². The first-order chi connectivity index (χ1) is 10.5. The van der Waals surface area contributed by atoms with Gasteiger partial charge in [-0.15, -0.1) is 0 Å². The van der Waals surface area contributed by atoms with E-state index in [9.17, 15) is 4.79 Å². The van der Waals surface area contributed by atoms with Crippen LogP contribution in [0.3, 0.4) is 0 Å². The Kier molecular flexibility index (Phi) is 6.29. The number of carbonyl (C=O) groups excluding carboxylic acids is 1. The first-order valence-electron chi connectivity index (χ1n) is 7.97. The molecular weight excluding hydrogens is 294 g/mol. The highest BCUT2D eigenvalue weighted by molar-refractivity contribution is 7.97. The molecule has 0 aliphatic carbocycles. The Bertz CT molecular complexity index is 519. The number of hydrogen-bond donors (Lipinski definition) is 1. The number of rotatable bonds is 8. The van der Waals surface area contributed by atoms with Gasteiger partial charge in [0.05, 0.1) is 0 Å². The maximum Gasteiger partial charge on any atom is 0.254 e. The number of fused-ring (bicyclic) bond motifs is 1. The summed E-state index contributed by atoms with van der Waals surface area (Å²) in [6.45, 7) is 8.42. The van der Waals surface area contributed by atoms with Crippen LogP contribution in [-0.2, 0) is 6.54 Å². The summed E-state index contributed by atoms with van der Waals surface area (Å²) in [7, 11) is 3.85. The maximum atomic E-state index is 12.0. The molecule has 0 saturated carbocycles. The van der Waals surface area contributed by atoms with Crippen LogP contribution in [0.15, 0.2) is 23.1 Å². The molecule has 0 spiro atoms. The summed E-state index contributed by atoms with van der Waals surface area (Å²) in [5.41, 5.74) is 2.01. The van der Waals surface area contributed by atoms with Gasteiger partial charge in [0.2, 0.25) is 0 Å². The topological polar surface area (TPSA) is 35.6 Å². The highest BCUT2D eigenvalue weighted by atomic mass is 32.2. The summed E-state index contributed by atoms with van der Waals surface area (Å²) >= 11 is 1.81. The Morgan fingerprint density at radius 1 is 1.41 bits per heavy atom. The van der Waals surface area contributed by atoms with Crippen molar-refractivity contribution in [2.45, 2.75) is 31.7 Å². The molecule has 1 heterocycles. The van der Waals surface area contributed by atoms with Crippen molar-refractivity contribution in [2.75, 3.05) is 33.7 Å². The van der Waals surface area contributed by atoms with Crippen LogP contribution in [0.5, 0.6) is 0 Å². The van der Waals surface area contributed by atoms with Gasteiger partial charge in [-0.3, -0.25) is 4.79 Å². The van der Waals surface area contributed by atoms with Gasteiger partial charge < -0.3 is 10.2 Å². The van der Waals surface area contributed by atoms with E-state index in [1.165, 1.54) is 4.90 Å². The Morgan fingerprint density at radius 3 is 2.86 bits per heavy atom. The van der Waals surface area contributed by atoms with Crippen LogP contribution in [0.4, 0.5) is 0 Å². The Balaban J connectivity index is 2.03. The van der Waals surface area contributed by atoms with Crippen molar-refractivity contribution in [2.24, 2.45) is 5.92 Å². The highest BCUT2D eigenvalue weighted by Crippen LogP contribution is 2.29. The minimum Gasteiger partial charge on any atom is -0.337 e. The molecule has 1 aromatic carbocycles. The van der Waals surface area contributed by atoms with E-state index in [1.807, 2.05) is 32.1 Å². The van der Waals surface area contributed by atoms with Gasteiger partial charge >= 0.3 is 0 Å². The molecular formula is C17H27N3OS. The number of benzene rings is 1. The van der Waals surface area contributed by atoms with Gasteiger partial charge in [-0.25, -0.2) is 4.31 Å². The van der Waals surface area contributed by atoms with Gasteiger partial charge in [0.15, 0.2) is 0 Å². The van der Waals surface area contributed by atoms with Gasteiger partial charge in [0.1, 0.15) is 0 Å². The van der Waals surface area contributed by atoms with Gasteiger partial charge in [0.25, 0.3) is 5.91 Å². The Labute approximate surface area is 138 Å². The zero-order valence-corrected chi connectivity index (χ0v) is 14.9. The lowest BCUT2D eigenvalue weighted by atomic mass is 10.1. The predicted octanol–water partition coefficient (Wildman–Crippen LogP) is 2.85. The molecule has 122 valence electrons. The SMILES string of the molecule is CNCCCN(CC(C)C)Sc1ccc2c(c1)CN(C)C2=O. The average molecular weight is 321 g/mol. The standard InChI is InChI=1S/C17H27N3OS/c1-13(2)11-20(9-5-8-18-3)22-15-6-7-16-14(10-15)12-19(4)17(16)21/h6-7,10,13,18H,5,8-9,11-12H2,1-4H3. The van der Waals surface area contributed by atoms with Crippen LogP contribution < -0.4 is 5.32 Å². The summed E-state index contributed by atoms with van der Waals surface area (Å²) in [5, 5.41) is 3.21. The maximum absolute atomic E-state index is 12.0. The number of carbonyl (C=O) groups is 1. The van der Waals surface area contributed by atoms with Gasteiger partial charge in [-0.1, -0.05) is 13.8 Å². The average Bonchev–Trinajstić information content (AvgIpc) is 2.73. The van der Waals surface area contributed by atoms with Crippen molar-refractivity contribution in [1.82, 2.24) is 14.5 Å². The van der Waals surface area contributed by atoms with Crippen LogP contribution in [0.1, 0.15) is 36.2 Å². The third-order valence-corrected chi connectivity index (χ3v) is 4.75. The van der Waals surface area contributed by atoms with Crippen LogP contribution >= 0.6 is 11.9 Å². The van der Waals surface area contributed by atoms with E-state index in [2.05, 4.69) is 35.6 Å². The van der Waals surface area contributed by atoms with Gasteiger partial charge in [-0.2, -0.15) is 0 Å². The largest absolute Gasteiger partial charge is 0.337 e. The zero-order valence-electron chi connectivity index (χ0n) is 14.1. The molecule has 0 fully saturated rings. The normalized spacial score (nSPS) is 14.3. The fraction of sp³-hybridized carbons (Fsp3) is 0.588. The van der Waals surface area contributed by atoms with E-state index < -0.39 is 0 Å². The molecule has 1 aliphatic rings. The Morgan fingerprint density at radius 2 is 2.18 bits per heavy atom. The minimum absolute atomic E-state index is 0.139. The van der Waals surface area contributed by atoms with Crippen LogP contribution in [0, 0.1) is 5.92 Å². The van der Waals surface area contributed by atoms with Crippen molar-refractivity contribution >= 4 is 17.9 Å². The molecule has 2 rings (SSSR count). The zero-order chi connectivity index (χ0) is 16.1. The van der Waals surface area contributed by atoms with Crippen LogP contribution in [-0.4, -0.2) is 48.8 Å². The summed E-state index contributed by atoms with van der Waals surface area (Å²) in [5.74, 6) is 0.781. The summed E-state index contributed by atoms with van der Waals surface area (Å²) in [4.78, 5) is 15.0. The quantitative estimate of drug-likeness (QED) is 0.590. The lowest BCUT2D eigenvalue weighted by Gasteiger charge is -2.23. The van der Waals surface area contributed by atoms with E-state index in [0.717, 1.165) is 43.7 Å². The van der Waals surface area contributed by atoms with Crippen molar-refractivity contribution in [1.29, 1.82) is 0 Å². The van der Waals surface area contributed by atoms with Gasteiger partial charge in [-0.05, 0) is 61.6 Å². The second-order valence-corrected chi connectivity index (χ2v) is 7.48. The fourth-order valence-electron chi connectivity index (χ4n) is 2.66. The van der Waals surface area contributed by atoms with Crippen molar-refractivity contribution < 1.29 is 4.79 Å². The molecule has 4 nitrogen and oxygen atoms in total. The molecule has 1 amide bonds. The first kappa shape index (κ1) is 17.3. The summed E-state index contributed by atoms with van der Waals surface area (Å²) in [6, 6.07) is 6.23. The molecule has 0 atom stereocenters. The molecule has 1 aliphatic heterocycles. The first-order valence-corrected chi connectivity index (χ1v) is 8.74. The second-order valence-electron chi connectivity index (χ2n) is 6.31. The molecule has 0 saturated heterocycles. The smallest absolute Gasteiger partial charge is 0.254 e. The van der Waals surface area contributed by atoms with Gasteiger partial charge in [0, 0.05) is 37.1 Å². The van der Waals surface area contributed by atoms with Crippen molar-refractivity contribution in [3.8, 4) is 0 Å². The molecule has 1 N–H and O–H groups in total. The molecule has 0 unspecified atom stereocenters. The van der Waals surface area contributed by atoms with E-state index in [0.29, 0.717) is 5.92 Å². The third kappa shape index (κ3) is 4.48. The predicted molar refractivity (Wildman–Crippen MR) is 93.1 cm³/mol. The molecule has 22 heavy (non-hydrogen) atoms. The second kappa shape index (κ2) is 7.99. The lowest BCUT2D eigenvalue weighted by Crippen LogP contribution is -2.24. The molecule has 0 bridgehead atoms. The Hall–Kier alpha value is -1.04. The lowest BCUT2D eigenvalue weighted by molar-refractivity contribution is 0.0816. The van der Waals surface area contributed by atoms with Crippen molar-refractivity contribution in [3.63, 3.8) is 0 Å². The number of hydrogen-bond acceptors (Lipinski definition) is 4. The van der Waals surface area contributed by atoms with E-state index in [1.54, 1.807) is 4.90 Å². The minimum atomic E-state index is 0.139. The number of nitrogens with one attached hydrogen (secondary N) is 1. The molecule has 0 radical (unpaired) electrons.